The van der Waals surface area contributed by atoms with Gasteiger partial charge < -0.3 is 0 Å². The summed E-state index contributed by atoms with van der Waals surface area (Å²) in [5.41, 5.74) is -5.32. The molecule has 1 saturated carbocycles. The Labute approximate surface area is 106 Å². The number of hydrogen-bond acceptors (Lipinski definition) is 3. The van der Waals surface area contributed by atoms with Crippen LogP contribution in [0.1, 0.15) is 46.0 Å². The molecule has 18 heavy (non-hydrogen) atoms. The SMILES string of the molecule is CC(C)C1CCCC(OS(=O)(=O)C(F)(F)F)CC1. The molecule has 0 spiro atoms. The third-order valence-electron chi connectivity index (χ3n) is 3.45. The molecule has 0 aromatic heterocycles. The van der Waals surface area contributed by atoms with Crippen LogP contribution in [-0.2, 0) is 14.3 Å². The first kappa shape index (κ1) is 15.8. The molecular formula is C11H19F3O3S. The van der Waals surface area contributed by atoms with Crippen molar-refractivity contribution in [2.24, 2.45) is 11.8 Å². The Morgan fingerprint density at radius 1 is 1.11 bits per heavy atom. The molecular weight excluding hydrogens is 269 g/mol. The number of hydrogen-bond donors (Lipinski definition) is 0. The minimum absolute atomic E-state index is 0.373. The molecule has 0 bridgehead atoms. The smallest absolute Gasteiger partial charge is 0.260 e. The monoisotopic (exact) mass is 288 g/mol. The van der Waals surface area contributed by atoms with Gasteiger partial charge in [0.05, 0.1) is 6.10 Å². The predicted octanol–water partition coefficient (Wildman–Crippen LogP) is 3.46. The van der Waals surface area contributed by atoms with E-state index in [2.05, 4.69) is 18.0 Å². The van der Waals surface area contributed by atoms with Crippen molar-refractivity contribution >= 4 is 10.1 Å². The summed E-state index contributed by atoms with van der Waals surface area (Å²) in [6.45, 7) is 4.14. The molecule has 0 heterocycles. The van der Waals surface area contributed by atoms with E-state index in [0.29, 0.717) is 31.1 Å². The molecule has 0 aromatic rings. The summed E-state index contributed by atoms with van der Waals surface area (Å²) in [7, 11) is -5.45. The van der Waals surface area contributed by atoms with Crippen LogP contribution in [0.5, 0.6) is 0 Å². The van der Waals surface area contributed by atoms with Crippen LogP contribution >= 0.6 is 0 Å². The lowest BCUT2D eigenvalue weighted by atomic mass is 9.89. The van der Waals surface area contributed by atoms with Crippen molar-refractivity contribution in [2.45, 2.75) is 57.6 Å². The second-order valence-electron chi connectivity index (χ2n) is 5.13. The van der Waals surface area contributed by atoms with Crippen LogP contribution in [0.3, 0.4) is 0 Å². The lowest BCUT2D eigenvalue weighted by Gasteiger charge is -2.18. The summed E-state index contributed by atoms with van der Waals surface area (Å²) in [4.78, 5) is 0. The molecule has 0 amide bonds. The van der Waals surface area contributed by atoms with Crippen LogP contribution in [0.25, 0.3) is 0 Å². The van der Waals surface area contributed by atoms with E-state index in [0.717, 1.165) is 12.8 Å². The van der Waals surface area contributed by atoms with Crippen molar-refractivity contribution in [3.8, 4) is 0 Å². The predicted molar refractivity (Wildman–Crippen MR) is 61.3 cm³/mol. The van der Waals surface area contributed by atoms with Gasteiger partial charge in [-0.2, -0.15) is 21.6 Å². The molecule has 108 valence electrons. The van der Waals surface area contributed by atoms with Crippen LogP contribution in [0.15, 0.2) is 0 Å². The molecule has 1 fully saturated rings. The van der Waals surface area contributed by atoms with E-state index in [1.54, 1.807) is 0 Å². The first-order valence-electron chi connectivity index (χ1n) is 6.13. The van der Waals surface area contributed by atoms with Crippen LogP contribution in [0.4, 0.5) is 13.2 Å². The molecule has 1 aliphatic rings. The highest BCUT2D eigenvalue weighted by molar-refractivity contribution is 7.87. The molecule has 0 radical (unpaired) electrons. The van der Waals surface area contributed by atoms with Crippen molar-refractivity contribution in [3.63, 3.8) is 0 Å². The van der Waals surface area contributed by atoms with E-state index in [-0.39, 0.29) is 0 Å². The first-order chi connectivity index (χ1) is 8.13. The van der Waals surface area contributed by atoms with Crippen LogP contribution in [0.2, 0.25) is 0 Å². The van der Waals surface area contributed by atoms with Crippen LogP contribution in [-0.4, -0.2) is 20.0 Å². The van der Waals surface area contributed by atoms with E-state index in [1.807, 2.05) is 0 Å². The van der Waals surface area contributed by atoms with E-state index in [1.165, 1.54) is 0 Å². The van der Waals surface area contributed by atoms with E-state index >= 15 is 0 Å². The Morgan fingerprint density at radius 2 is 1.72 bits per heavy atom. The topological polar surface area (TPSA) is 43.4 Å². The van der Waals surface area contributed by atoms with Gasteiger partial charge in [-0.25, -0.2) is 0 Å². The number of alkyl halides is 3. The molecule has 2 unspecified atom stereocenters. The molecule has 2 atom stereocenters. The van der Waals surface area contributed by atoms with Gasteiger partial charge in [0, 0.05) is 0 Å². The van der Waals surface area contributed by atoms with Gasteiger partial charge in [0.25, 0.3) is 0 Å². The average molecular weight is 288 g/mol. The average Bonchev–Trinajstić information content (AvgIpc) is 2.40. The molecule has 0 aliphatic heterocycles. The number of rotatable bonds is 3. The maximum atomic E-state index is 12.2. The van der Waals surface area contributed by atoms with E-state index < -0.39 is 21.7 Å². The Kier molecular flexibility index (Phi) is 5.05. The van der Waals surface area contributed by atoms with Crippen molar-refractivity contribution in [2.75, 3.05) is 0 Å². The van der Waals surface area contributed by atoms with Gasteiger partial charge in [-0.05, 0) is 31.1 Å². The highest BCUT2D eigenvalue weighted by Gasteiger charge is 2.48. The third kappa shape index (κ3) is 4.12. The fraction of sp³-hybridized carbons (Fsp3) is 1.00. The standard InChI is InChI=1S/C11H19F3O3S/c1-8(2)9-4-3-5-10(7-6-9)17-18(15,16)11(12,13)14/h8-10H,3-7H2,1-2H3. The first-order valence-corrected chi connectivity index (χ1v) is 7.54. The maximum Gasteiger partial charge on any atom is 0.523 e. The summed E-state index contributed by atoms with van der Waals surface area (Å²) < 4.78 is 62.6. The Balaban J connectivity index is 2.60. The lowest BCUT2D eigenvalue weighted by Crippen LogP contribution is -2.30. The zero-order valence-corrected chi connectivity index (χ0v) is 11.4. The summed E-state index contributed by atoms with van der Waals surface area (Å²) in [6.07, 6.45) is 2.26. The van der Waals surface area contributed by atoms with Crippen LogP contribution < -0.4 is 0 Å². The third-order valence-corrected chi connectivity index (χ3v) is 4.54. The van der Waals surface area contributed by atoms with Gasteiger partial charge >= 0.3 is 15.6 Å². The molecule has 0 aromatic carbocycles. The summed E-state index contributed by atoms with van der Waals surface area (Å²) in [5, 5.41) is 0. The largest absolute Gasteiger partial charge is 0.523 e. The molecule has 7 heteroatoms. The normalized spacial score (nSPS) is 27.2. The number of halogens is 3. The van der Waals surface area contributed by atoms with Gasteiger partial charge in [-0.3, -0.25) is 4.18 Å². The zero-order valence-electron chi connectivity index (χ0n) is 10.5. The summed E-state index contributed by atoms with van der Waals surface area (Å²) >= 11 is 0. The molecule has 1 aliphatic carbocycles. The maximum absolute atomic E-state index is 12.2. The van der Waals surface area contributed by atoms with E-state index in [9.17, 15) is 21.6 Å². The Bertz CT molecular complexity index is 362. The highest BCUT2D eigenvalue weighted by Crippen LogP contribution is 2.33. The second kappa shape index (κ2) is 5.77. The Hall–Kier alpha value is -0.300. The second-order valence-corrected chi connectivity index (χ2v) is 6.69. The van der Waals surface area contributed by atoms with Gasteiger partial charge in [-0.1, -0.05) is 26.7 Å². The summed E-state index contributed by atoms with van der Waals surface area (Å²) in [5.74, 6) is 0.898. The molecule has 3 nitrogen and oxygen atoms in total. The lowest BCUT2D eigenvalue weighted by molar-refractivity contribution is -0.0578. The summed E-state index contributed by atoms with van der Waals surface area (Å²) in [6, 6.07) is 0. The minimum Gasteiger partial charge on any atom is -0.260 e. The van der Waals surface area contributed by atoms with Crippen LogP contribution in [0, 0.1) is 11.8 Å². The van der Waals surface area contributed by atoms with Gasteiger partial charge in [-0.15, -0.1) is 0 Å². The van der Waals surface area contributed by atoms with Crippen molar-refractivity contribution in [3.05, 3.63) is 0 Å². The zero-order chi connectivity index (χ0) is 14.0. The van der Waals surface area contributed by atoms with Gasteiger partial charge in [0.1, 0.15) is 0 Å². The highest BCUT2D eigenvalue weighted by atomic mass is 32.2. The van der Waals surface area contributed by atoms with Gasteiger partial charge in [0.15, 0.2) is 0 Å². The molecule has 1 rings (SSSR count). The molecule has 0 N–H and O–H groups in total. The fourth-order valence-electron chi connectivity index (χ4n) is 2.29. The molecule has 0 saturated heterocycles. The minimum atomic E-state index is -5.45. The van der Waals surface area contributed by atoms with Gasteiger partial charge in [0.2, 0.25) is 0 Å². The van der Waals surface area contributed by atoms with E-state index in [4.69, 9.17) is 0 Å². The fourth-order valence-corrected chi connectivity index (χ4v) is 2.95. The van der Waals surface area contributed by atoms with Crippen molar-refractivity contribution in [1.82, 2.24) is 0 Å². The van der Waals surface area contributed by atoms with Crippen molar-refractivity contribution in [1.29, 1.82) is 0 Å². The quantitative estimate of drug-likeness (QED) is 0.454. The van der Waals surface area contributed by atoms with Crippen molar-refractivity contribution < 1.29 is 25.8 Å². The Morgan fingerprint density at radius 3 is 2.22 bits per heavy atom.